The summed E-state index contributed by atoms with van der Waals surface area (Å²) in [4.78, 5) is 17.7. The van der Waals surface area contributed by atoms with Gasteiger partial charge in [0.05, 0.1) is 14.2 Å². The summed E-state index contributed by atoms with van der Waals surface area (Å²) in [7, 11) is 3.33. The molecule has 0 N–H and O–H groups in total. The third-order valence-electron chi connectivity index (χ3n) is 7.56. The maximum Gasteiger partial charge on any atom is 0.222 e. The number of nitrogens with zero attached hydrogens (tertiary/aromatic N) is 2. The van der Waals surface area contributed by atoms with Gasteiger partial charge in [-0.2, -0.15) is 0 Å². The second-order valence-corrected chi connectivity index (χ2v) is 9.44. The molecule has 3 fully saturated rings. The Morgan fingerprint density at radius 2 is 1.80 bits per heavy atom. The summed E-state index contributed by atoms with van der Waals surface area (Å²) in [6.07, 6.45) is 10.9. The summed E-state index contributed by atoms with van der Waals surface area (Å²) in [5, 5.41) is 0. The predicted molar refractivity (Wildman–Crippen MR) is 119 cm³/mol. The smallest absolute Gasteiger partial charge is 0.222 e. The van der Waals surface area contributed by atoms with Gasteiger partial charge in [-0.15, -0.1) is 0 Å². The molecule has 2 aliphatic heterocycles. The van der Waals surface area contributed by atoms with Crippen LogP contribution in [0.25, 0.3) is 0 Å². The van der Waals surface area contributed by atoms with Gasteiger partial charge in [-0.3, -0.25) is 4.79 Å². The van der Waals surface area contributed by atoms with Gasteiger partial charge in [0.1, 0.15) is 0 Å². The fraction of sp³-hybridized carbons (Fsp3) is 0.720. The average Bonchev–Trinajstić information content (AvgIpc) is 2.79. The van der Waals surface area contributed by atoms with E-state index >= 15 is 0 Å². The monoisotopic (exact) mass is 414 g/mol. The lowest BCUT2D eigenvalue weighted by Gasteiger charge is -2.48. The lowest BCUT2D eigenvalue weighted by Crippen LogP contribution is -2.56. The number of amides is 1. The predicted octanol–water partition coefficient (Wildman–Crippen LogP) is 4.14. The Balaban J connectivity index is 1.34. The highest BCUT2D eigenvalue weighted by Gasteiger charge is 2.39. The van der Waals surface area contributed by atoms with Crippen molar-refractivity contribution in [1.29, 1.82) is 0 Å². The van der Waals surface area contributed by atoms with Crippen LogP contribution in [-0.4, -0.2) is 62.1 Å². The minimum atomic E-state index is 0.345. The first-order valence-electron chi connectivity index (χ1n) is 11.9. The number of piperidine rings is 2. The summed E-state index contributed by atoms with van der Waals surface area (Å²) in [5.41, 5.74) is 1.19. The summed E-state index contributed by atoms with van der Waals surface area (Å²) in [6.45, 7) is 4.42. The van der Waals surface area contributed by atoms with E-state index in [1.165, 1.54) is 50.8 Å². The van der Waals surface area contributed by atoms with E-state index in [0.717, 1.165) is 49.8 Å². The van der Waals surface area contributed by atoms with Crippen molar-refractivity contribution in [3.8, 4) is 11.5 Å². The number of benzene rings is 1. The maximum atomic E-state index is 12.8. The third-order valence-corrected chi connectivity index (χ3v) is 7.56. The number of hydrogen-bond acceptors (Lipinski definition) is 4. The van der Waals surface area contributed by atoms with Crippen LogP contribution in [0.2, 0.25) is 0 Å². The molecule has 0 radical (unpaired) electrons. The molecular weight excluding hydrogens is 376 g/mol. The second-order valence-electron chi connectivity index (χ2n) is 9.44. The summed E-state index contributed by atoms with van der Waals surface area (Å²) < 4.78 is 10.8. The van der Waals surface area contributed by atoms with Gasteiger partial charge in [0.2, 0.25) is 5.91 Å². The van der Waals surface area contributed by atoms with Gasteiger partial charge in [0.25, 0.3) is 0 Å². The Labute approximate surface area is 181 Å². The molecule has 2 saturated heterocycles. The number of hydrogen-bond donors (Lipinski definition) is 0. The Kier molecular flexibility index (Phi) is 7.19. The van der Waals surface area contributed by atoms with Crippen LogP contribution in [0.4, 0.5) is 0 Å². The number of ether oxygens (including phenoxy) is 2. The molecule has 1 aromatic rings. The molecule has 166 valence electrons. The van der Waals surface area contributed by atoms with E-state index in [1.54, 1.807) is 14.2 Å². The molecule has 0 aromatic heterocycles. The summed E-state index contributed by atoms with van der Waals surface area (Å²) in [5.74, 6) is 3.40. The highest BCUT2D eigenvalue weighted by atomic mass is 16.5. The van der Waals surface area contributed by atoms with Crippen LogP contribution in [0.15, 0.2) is 18.2 Å². The fourth-order valence-corrected chi connectivity index (χ4v) is 5.90. The lowest BCUT2D eigenvalue weighted by atomic mass is 9.82. The first-order chi connectivity index (χ1) is 14.7. The molecular formula is C25H38N2O3. The highest BCUT2D eigenvalue weighted by Crippen LogP contribution is 2.34. The van der Waals surface area contributed by atoms with Gasteiger partial charge in [0, 0.05) is 38.6 Å². The number of carbonyl (C=O) groups is 1. The first kappa shape index (κ1) is 21.5. The van der Waals surface area contributed by atoms with Crippen LogP contribution < -0.4 is 9.47 Å². The molecule has 30 heavy (non-hydrogen) atoms. The van der Waals surface area contributed by atoms with Crippen LogP contribution >= 0.6 is 0 Å². The molecule has 1 saturated carbocycles. The molecule has 0 unspecified atom stereocenters. The zero-order valence-electron chi connectivity index (χ0n) is 18.8. The molecule has 1 amide bonds. The van der Waals surface area contributed by atoms with Crippen molar-refractivity contribution < 1.29 is 14.3 Å². The SMILES string of the molecule is COc1ccc(CCN2C(=O)CC[C@@H]3CN(CC4CCCCC4)CC[C@@H]32)cc1OC. The zero-order chi connectivity index (χ0) is 20.9. The Morgan fingerprint density at radius 1 is 1.00 bits per heavy atom. The van der Waals surface area contributed by atoms with E-state index in [-0.39, 0.29) is 0 Å². The van der Waals surface area contributed by atoms with Crippen molar-refractivity contribution in [2.75, 3.05) is 40.4 Å². The van der Waals surface area contributed by atoms with E-state index in [4.69, 9.17) is 9.47 Å². The quantitative estimate of drug-likeness (QED) is 0.672. The van der Waals surface area contributed by atoms with Crippen LogP contribution in [0.1, 0.15) is 56.9 Å². The minimum absolute atomic E-state index is 0.345. The van der Waals surface area contributed by atoms with Crippen LogP contribution in [0.3, 0.4) is 0 Å². The van der Waals surface area contributed by atoms with Crippen molar-refractivity contribution in [2.24, 2.45) is 11.8 Å². The normalized spacial score (nSPS) is 25.8. The molecule has 1 aromatic carbocycles. The molecule has 2 atom stereocenters. The Hall–Kier alpha value is -1.75. The van der Waals surface area contributed by atoms with Crippen molar-refractivity contribution >= 4 is 5.91 Å². The van der Waals surface area contributed by atoms with Crippen molar-refractivity contribution in [1.82, 2.24) is 9.80 Å². The standard InChI is InChI=1S/C25H38N2O3/c1-29-23-10-8-19(16-24(23)30-2)12-15-27-22-13-14-26(17-20-6-4-3-5-7-20)18-21(22)9-11-25(27)28/h8,10,16,20-22H,3-7,9,11-15,17-18H2,1-2H3/t21-,22+/m1/s1. The van der Waals surface area contributed by atoms with Gasteiger partial charge < -0.3 is 19.3 Å². The fourth-order valence-electron chi connectivity index (χ4n) is 5.90. The highest BCUT2D eigenvalue weighted by molar-refractivity contribution is 5.77. The van der Waals surface area contributed by atoms with E-state index in [2.05, 4.69) is 15.9 Å². The van der Waals surface area contributed by atoms with E-state index < -0.39 is 0 Å². The Bertz CT molecular complexity index is 716. The second kappa shape index (κ2) is 10.0. The molecule has 1 aliphatic carbocycles. The lowest BCUT2D eigenvalue weighted by molar-refractivity contribution is -0.141. The van der Waals surface area contributed by atoms with E-state index in [0.29, 0.717) is 24.3 Å². The van der Waals surface area contributed by atoms with Gasteiger partial charge >= 0.3 is 0 Å². The largest absolute Gasteiger partial charge is 0.493 e. The number of fused-ring (bicyclic) bond motifs is 1. The van der Waals surface area contributed by atoms with Gasteiger partial charge in [-0.05, 0) is 61.6 Å². The topological polar surface area (TPSA) is 42.0 Å². The zero-order valence-corrected chi connectivity index (χ0v) is 18.8. The Morgan fingerprint density at radius 3 is 2.57 bits per heavy atom. The van der Waals surface area contributed by atoms with Crippen molar-refractivity contribution in [3.63, 3.8) is 0 Å². The van der Waals surface area contributed by atoms with Gasteiger partial charge in [-0.1, -0.05) is 25.3 Å². The molecule has 5 heteroatoms. The van der Waals surface area contributed by atoms with Crippen LogP contribution in [-0.2, 0) is 11.2 Å². The van der Waals surface area contributed by atoms with Crippen LogP contribution in [0.5, 0.6) is 11.5 Å². The number of likely N-dealkylation sites (tertiary alicyclic amines) is 2. The van der Waals surface area contributed by atoms with Crippen molar-refractivity contribution in [3.05, 3.63) is 23.8 Å². The average molecular weight is 415 g/mol. The molecule has 0 spiro atoms. The number of rotatable bonds is 7. The van der Waals surface area contributed by atoms with Crippen molar-refractivity contribution in [2.45, 2.75) is 63.8 Å². The number of methoxy groups -OCH3 is 2. The van der Waals surface area contributed by atoms with Gasteiger partial charge in [0.15, 0.2) is 11.5 Å². The summed E-state index contributed by atoms with van der Waals surface area (Å²) >= 11 is 0. The number of carbonyl (C=O) groups excluding carboxylic acids is 1. The molecule has 4 rings (SSSR count). The van der Waals surface area contributed by atoms with Crippen LogP contribution in [0, 0.1) is 11.8 Å². The molecule has 5 nitrogen and oxygen atoms in total. The minimum Gasteiger partial charge on any atom is -0.493 e. The van der Waals surface area contributed by atoms with E-state index in [9.17, 15) is 4.79 Å². The maximum absolute atomic E-state index is 12.8. The first-order valence-corrected chi connectivity index (χ1v) is 11.9. The summed E-state index contributed by atoms with van der Waals surface area (Å²) in [6, 6.07) is 6.50. The third kappa shape index (κ3) is 4.93. The van der Waals surface area contributed by atoms with Gasteiger partial charge in [-0.25, -0.2) is 0 Å². The molecule has 2 heterocycles. The molecule has 0 bridgehead atoms. The molecule has 3 aliphatic rings. The van der Waals surface area contributed by atoms with E-state index in [1.807, 2.05) is 12.1 Å².